The highest BCUT2D eigenvalue weighted by Gasteiger charge is 2.13. The molecule has 0 aliphatic rings. The van der Waals surface area contributed by atoms with Crippen molar-refractivity contribution < 1.29 is 4.74 Å². The first kappa shape index (κ1) is 13.4. The van der Waals surface area contributed by atoms with E-state index in [1.807, 2.05) is 12.1 Å². The average molecular weight is 236 g/mol. The Morgan fingerprint density at radius 1 is 1.59 bits per heavy atom. The SMILES string of the molecule is CCN(c1ccc(C(=N)N)cn1)C(C)COC. The normalized spacial score (nSPS) is 12.2. The molecule has 0 spiro atoms. The predicted molar refractivity (Wildman–Crippen MR) is 69.6 cm³/mol. The molecule has 0 saturated heterocycles. The molecule has 0 fully saturated rings. The summed E-state index contributed by atoms with van der Waals surface area (Å²) in [7, 11) is 1.69. The number of pyridine rings is 1. The van der Waals surface area contributed by atoms with Crippen LogP contribution < -0.4 is 10.6 Å². The van der Waals surface area contributed by atoms with Gasteiger partial charge < -0.3 is 15.4 Å². The lowest BCUT2D eigenvalue weighted by Gasteiger charge is -2.28. The molecule has 5 nitrogen and oxygen atoms in total. The molecule has 0 saturated carbocycles. The minimum absolute atomic E-state index is 0.0389. The molecule has 0 radical (unpaired) electrons. The Bertz CT molecular complexity index is 363. The number of methoxy groups -OCH3 is 1. The van der Waals surface area contributed by atoms with Gasteiger partial charge >= 0.3 is 0 Å². The molecule has 0 amide bonds. The summed E-state index contributed by atoms with van der Waals surface area (Å²) in [6.07, 6.45) is 1.62. The Morgan fingerprint density at radius 3 is 2.71 bits per heavy atom. The number of rotatable bonds is 6. The average Bonchev–Trinajstić information content (AvgIpc) is 2.31. The Kier molecular flexibility index (Phi) is 4.90. The molecule has 3 N–H and O–H groups in total. The third kappa shape index (κ3) is 3.42. The van der Waals surface area contributed by atoms with E-state index in [1.165, 1.54) is 0 Å². The van der Waals surface area contributed by atoms with Crippen molar-refractivity contribution in [2.45, 2.75) is 19.9 Å². The lowest BCUT2D eigenvalue weighted by molar-refractivity contribution is 0.181. The highest BCUT2D eigenvalue weighted by molar-refractivity contribution is 5.94. The van der Waals surface area contributed by atoms with Gasteiger partial charge in [-0.15, -0.1) is 0 Å². The topological polar surface area (TPSA) is 75.2 Å². The lowest BCUT2D eigenvalue weighted by atomic mass is 10.2. The van der Waals surface area contributed by atoms with Crippen molar-refractivity contribution in [1.82, 2.24) is 4.98 Å². The van der Waals surface area contributed by atoms with Gasteiger partial charge in [0.1, 0.15) is 11.7 Å². The number of nitrogens with zero attached hydrogens (tertiary/aromatic N) is 2. The second-order valence-electron chi connectivity index (χ2n) is 3.91. The largest absolute Gasteiger partial charge is 0.384 e. The first-order valence-electron chi connectivity index (χ1n) is 5.66. The summed E-state index contributed by atoms with van der Waals surface area (Å²) in [6.45, 7) is 5.68. The van der Waals surface area contributed by atoms with Crippen molar-refractivity contribution in [2.24, 2.45) is 5.73 Å². The van der Waals surface area contributed by atoms with Gasteiger partial charge in [-0.05, 0) is 26.0 Å². The third-order valence-corrected chi connectivity index (χ3v) is 2.63. The number of amidine groups is 1. The Morgan fingerprint density at radius 2 is 2.29 bits per heavy atom. The highest BCUT2D eigenvalue weighted by Crippen LogP contribution is 2.14. The van der Waals surface area contributed by atoms with Gasteiger partial charge in [0.15, 0.2) is 0 Å². The molecule has 5 heteroatoms. The number of nitrogens with two attached hydrogens (primary N) is 1. The van der Waals surface area contributed by atoms with E-state index >= 15 is 0 Å². The fourth-order valence-electron chi connectivity index (χ4n) is 1.75. The quantitative estimate of drug-likeness (QED) is 0.575. The first-order chi connectivity index (χ1) is 8.10. The molecule has 1 atom stereocenters. The molecule has 0 aliphatic heterocycles. The first-order valence-corrected chi connectivity index (χ1v) is 5.66. The Balaban J connectivity index is 2.85. The Labute approximate surface area is 102 Å². The summed E-state index contributed by atoms with van der Waals surface area (Å²) < 4.78 is 5.15. The van der Waals surface area contributed by atoms with Gasteiger partial charge in [0.2, 0.25) is 0 Å². The van der Waals surface area contributed by atoms with E-state index in [-0.39, 0.29) is 11.9 Å². The molecular formula is C12H20N4O. The third-order valence-electron chi connectivity index (χ3n) is 2.63. The summed E-state index contributed by atoms with van der Waals surface area (Å²) in [6, 6.07) is 3.96. The number of ether oxygens (including phenoxy) is 1. The molecule has 1 aromatic heterocycles. The van der Waals surface area contributed by atoms with Crippen LogP contribution >= 0.6 is 0 Å². The van der Waals surface area contributed by atoms with Crippen LogP contribution in [-0.2, 0) is 4.74 Å². The maximum absolute atomic E-state index is 7.31. The van der Waals surface area contributed by atoms with Crippen molar-refractivity contribution >= 4 is 11.7 Å². The monoisotopic (exact) mass is 236 g/mol. The zero-order chi connectivity index (χ0) is 12.8. The van der Waals surface area contributed by atoms with Crippen molar-refractivity contribution in [3.8, 4) is 0 Å². The van der Waals surface area contributed by atoms with Crippen LogP contribution in [0.2, 0.25) is 0 Å². The standard InChI is InChI=1S/C12H20N4O/c1-4-16(9(2)8-17-3)11-6-5-10(7-15-11)12(13)14/h5-7,9H,4,8H2,1-3H3,(H3,13,14). The van der Waals surface area contributed by atoms with Crippen LogP contribution in [0.25, 0.3) is 0 Å². The smallest absolute Gasteiger partial charge is 0.128 e. The van der Waals surface area contributed by atoms with Gasteiger partial charge in [0.05, 0.1) is 12.6 Å². The minimum atomic E-state index is 0.0389. The maximum Gasteiger partial charge on any atom is 0.128 e. The van der Waals surface area contributed by atoms with Crippen LogP contribution in [0.15, 0.2) is 18.3 Å². The second kappa shape index (κ2) is 6.20. The van der Waals surface area contributed by atoms with Crippen molar-refractivity contribution in [3.63, 3.8) is 0 Å². The molecule has 0 bridgehead atoms. The molecule has 94 valence electrons. The van der Waals surface area contributed by atoms with Crippen molar-refractivity contribution in [3.05, 3.63) is 23.9 Å². The van der Waals surface area contributed by atoms with Crippen LogP contribution in [0.3, 0.4) is 0 Å². The zero-order valence-corrected chi connectivity index (χ0v) is 10.6. The van der Waals surface area contributed by atoms with E-state index in [0.717, 1.165) is 12.4 Å². The minimum Gasteiger partial charge on any atom is -0.384 e. The number of aromatic nitrogens is 1. The van der Waals surface area contributed by atoms with E-state index in [4.69, 9.17) is 15.9 Å². The van der Waals surface area contributed by atoms with Crippen LogP contribution in [0, 0.1) is 5.41 Å². The fourth-order valence-corrected chi connectivity index (χ4v) is 1.75. The molecule has 1 rings (SSSR count). The molecule has 1 aromatic rings. The van der Waals surface area contributed by atoms with Crippen LogP contribution in [0.5, 0.6) is 0 Å². The van der Waals surface area contributed by atoms with Crippen LogP contribution in [-0.4, -0.2) is 37.1 Å². The number of nitrogen functional groups attached to an aromatic ring is 1. The fraction of sp³-hybridized carbons (Fsp3) is 0.500. The number of hydrogen-bond acceptors (Lipinski definition) is 4. The van der Waals surface area contributed by atoms with E-state index in [0.29, 0.717) is 12.2 Å². The van der Waals surface area contributed by atoms with Gasteiger partial charge in [0.25, 0.3) is 0 Å². The summed E-state index contributed by atoms with van der Waals surface area (Å²) in [5, 5.41) is 7.31. The van der Waals surface area contributed by atoms with Crippen molar-refractivity contribution in [2.75, 3.05) is 25.2 Å². The Hall–Kier alpha value is -1.62. The molecule has 1 heterocycles. The van der Waals surface area contributed by atoms with E-state index in [9.17, 15) is 0 Å². The summed E-state index contributed by atoms with van der Waals surface area (Å²) in [5.41, 5.74) is 6.03. The number of nitrogens with one attached hydrogen (secondary N) is 1. The number of likely N-dealkylation sites (N-methyl/N-ethyl adjacent to an activating group) is 1. The summed E-state index contributed by atoms with van der Waals surface area (Å²) in [5.74, 6) is 0.916. The van der Waals surface area contributed by atoms with Gasteiger partial charge in [-0.1, -0.05) is 0 Å². The van der Waals surface area contributed by atoms with Crippen LogP contribution in [0.1, 0.15) is 19.4 Å². The molecule has 17 heavy (non-hydrogen) atoms. The van der Waals surface area contributed by atoms with E-state index in [1.54, 1.807) is 13.3 Å². The van der Waals surface area contributed by atoms with Gasteiger partial charge in [-0.3, -0.25) is 5.41 Å². The lowest BCUT2D eigenvalue weighted by Crippen LogP contribution is -2.36. The number of hydrogen-bond donors (Lipinski definition) is 2. The van der Waals surface area contributed by atoms with Gasteiger partial charge in [-0.25, -0.2) is 4.98 Å². The van der Waals surface area contributed by atoms with E-state index < -0.39 is 0 Å². The second-order valence-corrected chi connectivity index (χ2v) is 3.91. The molecule has 0 aromatic carbocycles. The van der Waals surface area contributed by atoms with Gasteiger partial charge in [-0.2, -0.15) is 0 Å². The predicted octanol–water partition coefficient (Wildman–Crippen LogP) is 1.23. The number of anilines is 1. The van der Waals surface area contributed by atoms with Crippen molar-refractivity contribution in [1.29, 1.82) is 5.41 Å². The molecule has 1 unspecified atom stereocenters. The zero-order valence-electron chi connectivity index (χ0n) is 10.6. The maximum atomic E-state index is 7.31. The highest BCUT2D eigenvalue weighted by atomic mass is 16.5. The molecular weight excluding hydrogens is 216 g/mol. The van der Waals surface area contributed by atoms with Gasteiger partial charge in [0, 0.05) is 25.4 Å². The summed E-state index contributed by atoms with van der Waals surface area (Å²) in [4.78, 5) is 6.47. The van der Waals surface area contributed by atoms with Crippen LogP contribution in [0.4, 0.5) is 5.82 Å². The summed E-state index contributed by atoms with van der Waals surface area (Å²) >= 11 is 0. The molecule has 0 aliphatic carbocycles. The van der Waals surface area contributed by atoms with E-state index in [2.05, 4.69) is 23.7 Å².